The number of rotatable bonds is 9. The summed E-state index contributed by atoms with van der Waals surface area (Å²) in [7, 11) is 0. The molecule has 6 rings (SSSR count). The van der Waals surface area contributed by atoms with Crippen molar-refractivity contribution < 1.29 is 49.8 Å². The summed E-state index contributed by atoms with van der Waals surface area (Å²) >= 11 is 0. The third kappa shape index (κ3) is 13.0. The van der Waals surface area contributed by atoms with Crippen LogP contribution in [0.15, 0.2) is 179 Å². The van der Waals surface area contributed by atoms with Crippen molar-refractivity contribution >= 4 is 53.6 Å². The maximum absolute atomic E-state index is 10.8. The summed E-state index contributed by atoms with van der Waals surface area (Å²) in [5.41, 5.74) is 4.24. The van der Waals surface area contributed by atoms with Crippen LogP contribution in [0.25, 0.3) is 0 Å². The normalized spacial score (nSPS) is 10.4. The Morgan fingerprint density at radius 1 is 0.346 bits per heavy atom. The van der Waals surface area contributed by atoms with Gasteiger partial charge in [0.1, 0.15) is 0 Å². The molecule has 6 aromatic carbocycles. The van der Waals surface area contributed by atoms with Gasteiger partial charge in [0.05, 0.1) is 35.0 Å². The number of hydrogen-bond donors (Lipinski definition) is 0. The molecule has 0 spiro atoms. The molecule has 258 valence electrons. The van der Waals surface area contributed by atoms with E-state index >= 15 is 0 Å². The minimum Gasteiger partial charge on any atom is -0.545 e. The Hall–Kier alpha value is -6.61. The fraction of sp³-hybridized carbons (Fsp3) is 0. The Bertz CT molecular complexity index is 1890. The number of carboxylic acids is 3. The molecule has 10 heteroatoms. The molecule has 0 aliphatic heterocycles. The van der Waals surface area contributed by atoms with Gasteiger partial charge in [0.2, 0.25) is 0 Å². The number of para-hydroxylation sites is 3. The molecular formula is C42H30IrN3O6. The molecule has 0 saturated carbocycles. The average Bonchev–Trinajstić information content (AvgIpc) is 3.17. The predicted octanol–water partition coefficient (Wildman–Crippen LogP) is 5.40. The van der Waals surface area contributed by atoms with E-state index in [2.05, 4.69) is 15.0 Å². The second-order valence-electron chi connectivity index (χ2n) is 10.4. The van der Waals surface area contributed by atoms with Crippen molar-refractivity contribution in [2.75, 3.05) is 0 Å². The standard InChI is InChI=1S/3C14H11NO2.Ir/c3*16-14(17)12-8-4-5-9-13(12)15-10-11-6-2-1-3-7-11;/h3*1-10H,(H,16,17);/q;;;+3/p-3/b3*15-10-;. The van der Waals surface area contributed by atoms with Crippen molar-refractivity contribution in [1.82, 2.24) is 0 Å². The Morgan fingerprint density at radius 3 is 0.788 bits per heavy atom. The number of carbonyl (C=O) groups is 3. The molecule has 0 bridgehead atoms. The van der Waals surface area contributed by atoms with Crippen LogP contribution in [-0.4, -0.2) is 36.6 Å². The van der Waals surface area contributed by atoms with Crippen LogP contribution in [0.2, 0.25) is 0 Å². The predicted molar refractivity (Wildman–Crippen MR) is 193 cm³/mol. The summed E-state index contributed by atoms with van der Waals surface area (Å²) in [6.45, 7) is 0. The summed E-state index contributed by atoms with van der Waals surface area (Å²) in [5, 5.41) is 32.5. The van der Waals surface area contributed by atoms with E-state index in [1.54, 1.807) is 73.2 Å². The summed E-state index contributed by atoms with van der Waals surface area (Å²) in [6, 6.07) is 48.0. The molecule has 0 aliphatic carbocycles. The molecule has 0 aliphatic rings. The first-order valence-corrected chi connectivity index (χ1v) is 15.5. The van der Waals surface area contributed by atoms with E-state index in [-0.39, 0.29) is 36.8 Å². The Morgan fingerprint density at radius 2 is 0.558 bits per heavy atom. The molecule has 0 unspecified atom stereocenters. The zero-order valence-electron chi connectivity index (χ0n) is 27.4. The van der Waals surface area contributed by atoms with Gasteiger partial charge in [-0.3, -0.25) is 15.0 Å². The topological polar surface area (TPSA) is 157 Å². The Labute approximate surface area is 314 Å². The zero-order chi connectivity index (χ0) is 36.3. The van der Waals surface area contributed by atoms with Gasteiger partial charge >= 0.3 is 20.1 Å². The first-order chi connectivity index (χ1) is 24.8. The summed E-state index contributed by atoms with van der Waals surface area (Å²) in [4.78, 5) is 45.0. The van der Waals surface area contributed by atoms with Gasteiger partial charge < -0.3 is 29.7 Å². The van der Waals surface area contributed by atoms with Crippen molar-refractivity contribution in [1.29, 1.82) is 0 Å². The van der Waals surface area contributed by atoms with Gasteiger partial charge in [0.15, 0.2) is 0 Å². The Kier molecular flexibility index (Phi) is 16.4. The minimum absolute atomic E-state index is 0. The van der Waals surface area contributed by atoms with Gasteiger partial charge in [-0.2, -0.15) is 0 Å². The van der Waals surface area contributed by atoms with E-state index in [4.69, 9.17) is 0 Å². The van der Waals surface area contributed by atoms with Crippen LogP contribution in [0.3, 0.4) is 0 Å². The van der Waals surface area contributed by atoms with Crippen LogP contribution in [0, 0.1) is 0 Å². The number of carbonyl (C=O) groups excluding carboxylic acids is 3. The van der Waals surface area contributed by atoms with Crippen LogP contribution < -0.4 is 15.3 Å². The molecule has 52 heavy (non-hydrogen) atoms. The third-order valence-electron chi connectivity index (χ3n) is 6.83. The summed E-state index contributed by atoms with van der Waals surface area (Å²) < 4.78 is 0. The first kappa shape index (κ1) is 39.8. The number of carboxylic acid groups (broad SMARTS) is 3. The number of hydrogen-bond acceptors (Lipinski definition) is 9. The van der Waals surface area contributed by atoms with E-state index in [0.29, 0.717) is 17.1 Å². The van der Waals surface area contributed by atoms with Crippen molar-refractivity contribution in [2.45, 2.75) is 0 Å². The number of aliphatic imine (C=N–C) groups is 3. The monoisotopic (exact) mass is 865 g/mol. The maximum Gasteiger partial charge on any atom is 3.00 e. The minimum atomic E-state index is -1.22. The summed E-state index contributed by atoms with van der Waals surface area (Å²) in [5.74, 6) is -3.65. The van der Waals surface area contributed by atoms with Gasteiger partial charge in [-0.1, -0.05) is 146 Å². The molecule has 0 radical (unpaired) electrons. The molecule has 0 fully saturated rings. The van der Waals surface area contributed by atoms with Gasteiger partial charge in [-0.15, -0.1) is 0 Å². The van der Waals surface area contributed by atoms with Crippen LogP contribution in [-0.2, 0) is 20.1 Å². The quantitative estimate of drug-likeness (QED) is 0.177. The molecule has 0 N–H and O–H groups in total. The largest absolute Gasteiger partial charge is 3.00 e. The second-order valence-corrected chi connectivity index (χ2v) is 10.4. The van der Waals surface area contributed by atoms with Crippen molar-refractivity contribution in [3.8, 4) is 0 Å². The third-order valence-corrected chi connectivity index (χ3v) is 6.83. The average molecular weight is 865 g/mol. The van der Waals surface area contributed by atoms with Gasteiger partial charge in [-0.25, -0.2) is 0 Å². The molecule has 0 saturated heterocycles. The van der Waals surface area contributed by atoms with E-state index in [1.807, 2.05) is 91.0 Å². The molecule has 9 nitrogen and oxygen atoms in total. The SMILES string of the molecule is O=C([O-])c1ccccc1/N=C\c1ccccc1.O=C([O-])c1ccccc1/N=C\c1ccccc1.O=C([O-])c1ccccc1/N=C\c1ccccc1.[Ir+3]. The smallest absolute Gasteiger partial charge is 0.545 e. The van der Waals surface area contributed by atoms with E-state index in [1.165, 1.54) is 18.2 Å². The van der Waals surface area contributed by atoms with E-state index < -0.39 is 17.9 Å². The van der Waals surface area contributed by atoms with Gasteiger partial charge in [0.25, 0.3) is 0 Å². The molecule has 6 aromatic rings. The van der Waals surface area contributed by atoms with Crippen LogP contribution in [0.5, 0.6) is 0 Å². The Balaban J connectivity index is 0.000000208. The zero-order valence-corrected chi connectivity index (χ0v) is 29.8. The van der Waals surface area contributed by atoms with Crippen LogP contribution >= 0.6 is 0 Å². The van der Waals surface area contributed by atoms with Crippen molar-refractivity contribution in [3.63, 3.8) is 0 Å². The van der Waals surface area contributed by atoms with Crippen LogP contribution in [0.1, 0.15) is 47.8 Å². The van der Waals surface area contributed by atoms with E-state index in [0.717, 1.165) is 16.7 Å². The van der Waals surface area contributed by atoms with Crippen LogP contribution in [0.4, 0.5) is 17.1 Å². The molecule has 0 aromatic heterocycles. The maximum atomic E-state index is 10.8. The summed E-state index contributed by atoms with van der Waals surface area (Å²) in [6.07, 6.45) is 4.88. The van der Waals surface area contributed by atoms with Crippen molar-refractivity contribution in [3.05, 3.63) is 197 Å². The second kappa shape index (κ2) is 21.5. The number of benzene rings is 6. The fourth-order valence-corrected chi connectivity index (χ4v) is 4.33. The van der Waals surface area contributed by atoms with E-state index in [9.17, 15) is 29.7 Å². The molecule has 0 amide bonds. The van der Waals surface area contributed by atoms with Gasteiger partial charge in [-0.05, 0) is 34.9 Å². The number of nitrogens with zero attached hydrogens (tertiary/aromatic N) is 3. The molecular weight excluding hydrogens is 835 g/mol. The van der Waals surface area contributed by atoms with Gasteiger partial charge in [0, 0.05) is 35.3 Å². The number of aromatic carboxylic acids is 3. The molecule has 0 heterocycles. The first-order valence-electron chi connectivity index (χ1n) is 15.5. The van der Waals surface area contributed by atoms with Crippen molar-refractivity contribution in [2.24, 2.45) is 15.0 Å². The fourth-order valence-electron chi connectivity index (χ4n) is 4.33. The molecule has 0 atom stereocenters.